The number of benzene rings is 1. The summed E-state index contributed by atoms with van der Waals surface area (Å²) in [4.78, 5) is 23.4. The maximum atomic E-state index is 12.0. The van der Waals surface area contributed by atoms with E-state index in [0.717, 1.165) is 11.1 Å². The van der Waals surface area contributed by atoms with Gasteiger partial charge in [-0.2, -0.15) is 0 Å². The van der Waals surface area contributed by atoms with Crippen LogP contribution < -0.4 is 5.32 Å². The van der Waals surface area contributed by atoms with Crippen molar-refractivity contribution >= 4 is 11.7 Å². The highest BCUT2D eigenvalue weighted by molar-refractivity contribution is 5.80. The first-order chi connectivity index (χ1) is 13.0. The molecule has 8 heteroatoms. The fraction of sp³-hybridized carbons (Fsp3) is 0.474. The van der Waals surface area contributed by atoms with E-state index >= 15 is 0 Å². The molecule has 0 atom stereocenters. The van der Waals surface area contributed by atoms with Gasteiger partial charge in [-0.05, 0) is 12.5 Å². The number of ketones is 1. The Bertz CT molecular complexity index is 745. The molecule has 0 bridgehead atoms. The van der Waals surface area contributed by atoms with Crippen molar-refractivity contribution < 1.29 is 14.3 Å². The topological polar surface area (TPSA) is 107 Å². The molecule has 1 heterocycles. The first kappa shape index (κ1) is 20.6. The van der Waals surface area contributed by atoms with Gasteiger partial charge in [-0.25, -0.2) is 0 Å². The van der Waals surface area contributed by atoms with Crippen LogP contribution >= 0.6 is 0 Å². The van der Waals surface area contributed by atoms with Gasteiger partial charge in [0.05, 0.1) is 19.6 Å². The molecule has 0 aliphatic rings. The smallest absolute Gasteiger partial charge is 0.224 e. The molecular formula is C19H25N5O3. The summed E-state index contributed by atoms with van der Waals surface area (Å²) in [6.45, 7) is 6.66. The summed E-state index contributed by atoms with van der Waals surface area (Å²) in [5.41, 5.74) is 1.68. The normalized spacial score (nSPS) is 10.8. The number of aromatic nitrogens is 4. The van der Waals surface area contributed by atoms with Gasteiger partial charge in [-0.1, -0.05) is 38.1 Å². The second-order valence-corrected chi connectivity index (χ2v) is 6.48. The Kier molecular flexibility index (Phi) is 7.94. The van der Waals surface area contributed by atoms with Crippen LogP contribution in [0.2, 0.25) is 0 Å². The van der Waals surface area contributed by atoms with Gasteiger partial charge in [0.25, 0.3) is 0 Å². The van der Waals surface area contributed by atoms with Crippen molar-refractivity contribution in [2.24, 2.45) is 5.92 Å². The van der Waals surface area contributed by atoms with Gasteiger partial charge < -0.3 is 10.1 Å². The lowest BCUT2D eigenvalue weighted by molar-refractivity contribution is -0.123. The zero-order chi connectivity index (χ0) is 19.6. The van der Waals surface area contributed by atoms with Crippen LogP contribution in [0.25, 0.3) is 11.4 Å². The zero-order valence-electron chi connectivity index (χ0n) is 15.9. The van der Waals surface area contributed by atoms with Crippen LogP contribution in [0.15, 0.2) is 24.3 Å². The number of ether oxygens (including phenoxy) is 1. The third-order valence-electron chi connectivity index (χ3n) is 3.86. The van der Waals surface area contributed by atoms with Crippen molar-refractivity contribution in [3.05, 3.63) is 35.7 Å². The number of carbonyl (C=O) groups is 2. The minimum absolute atomic E-state index is 0.0322. The Morgan fingerprint density at radius 1 is 1.04 bits per heavy atom. The third kappa shape index (κ3) is 7.18. The van der Waals surface area contributed by atoms with Crippen molar-refractivity contribution in [3.8, 4) is 11.4 Å². The predicted octanol–water partition coefficient (Wildman–Crippen LogP) is 1.53. The molecule has 0 fully saturated rings. The summed E-state index contributed by atoms with van der Waals surface area (Å²) in [6, 6.07) is 7.38. The van der Waals surface area contributed by atoms with E-state index in [2.05, 4.69) is 25.7 Å². The van der Waals surface area contributed by atoms with E-state index in [1.54, 1.807) is 6.92 Å². The average molecular weight is 371 g/mol. The van der Waals surface area contributed by atoms with Crippen LogP contribution in [0.1, 0.15) is 31.7 Å². The quantitative estimate of drug-likeness (QED) is 0.631. The number of carbonyl (C=O) groups excluding carboxylic acids is 2. The molecule has 2 rings (SSSR count). The number of nitrogens with zero attached hydrogens (tertiary/aromatic N) is 4. The monoisotopic (exact) mass is 371 g/mol. The number of nitrogens with one attached hydrogen (secondary N) is 1. The van der Waals surface area contributed by atoms with Crippen LogP contribution in [0.4, 0.5) is 0 Å². The maximum absolute atomic E-state index is 12.0. The molecule has 0 saturated carbocycles. The summed E-state index contributed by atoms with van der Waals surface area (Å²) in [5.74, 6) is 1.10. The van der Waals surface area contributed by atoms with Gasteiger partial charge in [0.15, 0.2) is 5.82 Å². The van der Waals surface area contributed by atoms with E-state index in [1.165, 1.54) is 0 Å². The number of Topliss-reactive ketones (excluding diaryl/α,β-unsaturated/α-hetero) is 1. The minimum Gasteiger partial charge on any atom is -0.379 e. The van der Waals surface area contributed by atoms with Gasteiger partial charge in [0, 0.05) is 24.4 Å². The van der Waals surface area contributed by atoms with Crippen molar-refractivity contribution in [1.82, 2.24) is 25.7 Å². The van der Waals surface area contributed by atoms with Gasteiger partial charge >= 0.3 is 0 Å². The van der Waals surface area contributed by atoms with E-state index in [0.29, 0.717) is 37.8 Å². The van der Waals surface area contributed by atoms with Gasteiger partial charge in [-0.15, -0.1) is 20.4 Å². The molecule has 0 saturated heterocycles. The van der Waals surface area contributed by atoms with Crippen LogP contribution in [0.3, 0.4) is 0 Å². The molecule has 0 radical (unpaired) electrons. The summed E-state index contributed by atoms with van der Waals surface area (Å²) >= 11 is 0. The molecule has 1 N–H and O–H groups in total. The SMILES string of the molecule is Cc1nnc(-c2ccc(CC(=O)NCCOCCC(=O)C(C)C)cc2)nn1. The lowest BCUT2D eigenvalue weighted by atomic mass is 10.1. The lowest BCUT2D eigenvalue weighted by Crippen LogP contribution is -2.28. The molecule has 1 amide bonds. The molecule has 1 aromatic heterocycles. The van der Waals surface area contributed by atoms with Gasteiger partial charge in [-0.3, -0.25) is 9.59 Å². The zero-order valence-corrected chi connectivity index (χ0v) is 15.9. The van der Waals surface area contributed by atoms with E-state index in [9.17, 15) is 9.59 Å². The van der Waals surface area contributed by atoms with E-state index < -0.39 is 0 Å². The molecule has 8 nitrogen and oxygen atoms in total. The molecular weight excluding hydrogens is 346 g/mol. The fourth-order valence-electron chi connectivity index (χ4n) is 2.24. The largest absolute Gasteiger partial charge is 0.379 e. The van der Waals surface area contributed by atoms with E-state index in [-0.39, 0.29) is 24.0 Å². The second kappa shape index (κ2) is 10.4. The first-order valence-corrected chi connectivity index (χ1v) is 8.96. The molecule has 0 aliphatic carbocycles. The second-order valence-electron chi connectivity index (χ2n) is 6.48. The van der Waals surface area contributed by atoms with E-state index in [1.807, 2.05) is 38.1 Å². The number of aryl methyl sites for hydroxylation is 1. The summed E-state index contributed by atoms with van der Waals surface area (Å²) < 4.78 is 5.37. The predicted molar refractivity (Wildman–Crippen MR) is 99.8 cm³/mol. The fourth-order valence-corrected chi connectivity index (χ4v) is 2.24. The molecule has 0 unspecified atom stereocenters. The standard InChI is InChI=1S/C19H25N5O3/c1-13(2)17(25)8-10-27-11-9-20-18(26)12-15-4-6-16(7-5-15)19-23-21-14(3)22-24-19/h4-7,13H,8-12H2,1-3H3,(H,20,26). The van der Waals surface area contributed by atoms with Crippen LogP contribution in [-0.2, 0) is 20.7 Å². The van der Waals surface area contributed by atoms with Crippen molar-refractivity contribution in [2.45, 2.75) is 33.6 Å². The van der Waals surface area contributed by atoms with Gasteiger partial charge in [0.2, 0.25) is 11.7 Å². The number of rotatable bonds is 10. The summed E-state index contributed by atoms with van der Waals surface area (Å²) in [5, 5.41) is 18.5. The molecule has 27 heavy (non-hydrogen) atoms. The van der Waals surface area contributed by atoms with Crippen molar-refractivity contribution in [3.63, 3.8) is 0 Å². The first-order valence-electron chi connectivity index (χ1n) is 8.96. The molecule has 1 aromatic carbocycles. The highest BCUT2D eigenvalue weighted by atomic mass is 16.5. The number of amides is 1. The Labute approximate surface area is 158 Å². The highest BCUT2D eigenvalue weighted by Crippen LogP contribution is 2.14. The minimum atomic E-state index is -0.0838. The van der Waals surface area contributed by atoms with Crippen LogP contribution in [0, 0.1) is 12.8 Å². The molecule has 144 valence electrons. The Morgan fingerprint density at radius 2 is 1.70 bits per heavy atom. The van der Waals surface area contributed by atoms with Crippen LogP contribution in [-0.4, -0.2) is 51.8 Å². The Hall–Kier alpha value is -2.74. The van der Waals surface area contributed by atoms with Gasteiger partial charge in [0.1, 0.15) is 5.78 Å². The number of hydrogen-bond donors (Lipinski definition) is 1. The van der Waals surface area contributed by atoms with Crippen LogP contribution in [0.5, 0.6) is 0 Å². The summed E-state index contributed by atoms with van der Waals surface area (Å²) in [7, 11) is 0. The van der Waals surface area contributed by atoms with E-state index in [4.69, 9.17) is 4.74 Å². The third-order valence-corrected chi connectivity index (χ3v) is 3.86. The maximum Gasteiger partial charge on any atom is 0.224 e. The molecule has 2 aromatic rings. The van der Waals surface area contributed by atoms with Crippen molar-refractivity contribution in [2.75, 3.05) is 19.8 Å². The van der Waals surface area contributed by atoms with Crippen molar-refractivity contribution in [1.29, 1.82) is 0 Å². The molecule has 0 spiro atoms. The molecule has 0 aliphatic heterocycles. The average Bonchev–Trinajstić information content (AvgIpc) is 2.65. The summed E-state index contributed by atoms with van der Waals surface area (Å²) in [6.07, 6.45) is 0.686. The Balaban J connectivity index is 1.68. The lowest BCUT2D eigenvalue weighted by Gasteiger charge is -2.08. The Morgan fingerprint density at radius 3 is 2.33 bits per heavy atom. The number of hydrogen-bond acceptors (Lipinski definition) is 7. The highest BCUT2D eigenvalue weighted by Gasteiger charge is 2.07.